The third-order valence-corrected chi connectivity index (χ3v) is 7.72. The van der Waals surface area contributed by atoms with Crippen LogP contribution in [0.1, 0.15) is 32.1 Å². The van der Waals surface area contributed by atoms with Gasteiger partial charge in [0.1, 0.15) is 7.79 Å². The SMILES string of the molecule is CN1CCN(C)[P]1(O)C1CCCCC1. The molecule has 1 aliphatic heterocycles. The first kappa shape index (κ1) is 10.8. The summed E-state index contributed by atoms with van der Waals surface area (Å²) in [6, 6.07) is 0. The van der Waals surface area contributed by atoms with Crippen LogP contribution in [0.5, 0.6) is 0 Å². The van der Waals surface area contributed by atoms with Crippen molar-refractivity contribution in [3.05, 3.63) is 0 Å². The predicted octanol–water partition coefficient (Wildman–Crippen LogP) is 1.95. The highest BCUT2D eigenvalue weighted by Gasteiger charge is 2.46. The van der Waals surface area contributed by atoms with E-state index < -0.39 is 7.79 Å². The largest absolute Gasteiger partial charge is 0.353 e. The van der Waals surface area contributed by atoms with Crippen molar-refractivity contribution in [2.24, 2.45) is 0 Å². The molecule has 0 aromatic carbocycles. The summed E-state index contributed by atoms with van der Waals surface area (Å²) in [6.07, 6.45) is 6.46. The fraction of sp³-hybridized carbons (Fsp3) is 1.00. The van der Waals surface area contributed by atoms with Gasteiger partial charge < -0.3 is 4.89 Å². The smallest absolute Gasteiger partial charge is 0.115 e. The molecule has 3 nitrogen and oxygen atoms in total. The molecule has 0 aromatic rings. The molecule has 0 atom stereocenters. The Morgan fingerprint density at radius 2 is 1.50 bits per heavy atom. The Bertz CT molecular complexity index is 196. The van der Waals surface area contributed by atoms with Crippen molar-refractivity contribution in [3.63, 3.8) is 0 Å². The molecule has 2 fully saturated rings. The van der Waals surface area contributed by atoms with E-state index in [-0.39, 0.29) is 0 Å². The molecule has 1 aliphatic carbocycles. The van der Waals surface area contributed by atoms with Crippen LogP contribution in [0.2, 0.25) is 0 Å². The number of hydrogen-bond acceptors (Lipinski definition) is 3. The third-order valence-electron chi connectivity index (χ3n) is 3.82. The molecule has 1 saturated carbocycles. The Labute approximate surface area is 87.6 Å². The van der Waals surface area contributed by atoms with Gasteiger partial charge in [0.15, 0.2) is 0 Å². The third kappa shape index (κ3) is 1.61. The van der Waals surface area contributed by atoms with Crippen molar-refractivity contribution in [1.82, 2.24) is 9.34 Å². The standard InChI is InChI=1S/C10H22N2OP/c1-11-8-9-12(2)14(11,13)10-6-4-3-5-7-10/h10,13H,3-9H2,1-2H3. The molecule has 4 heteroatoms. The van der Waals surface area contributed by atoms with E-state index in [1.165, 1.54) is 32.1 Å². The van der Waals surface area contributed by atoms with Gasteiger partial charge in [0, 0.05) is 18.7 Å². The van der Waals surface area contributed by atoms with Gasteiger partial charge in [-0.2, -0.15) is 0 Å². The zero-order chi connectivity index (χ0) is 10.2. The van der Waals surface area contributed by atoms with Crippen molar-refractivity contribution < 1.29 is 4.89 Å². The molecule has 0 unspecified atom stereocenters. The fourth-order valence-corrected chi connectivity index (χ4v) is 6.29. The van der Waals surface area contributed by atoms with Gasteiger partial charge in [-0.05, 0) is 26.9 Å². The lowest BCUT2D eigenvalue weighted by atomic mass is 10.0. The second-order valence-corrected chi connectivity index (χ2v) is 7.99. The molecule has 1 N–H and O–H groups in total. The van der Waals surface area contributed by atoms with E-state index in [4.69, 9.17) is 0 Å². The molecule has 0 aromatic heterocycles. The van der Waals surface area contributed by atoms with E-state index in [0.717, 1.165) is 13.1 Å². The lowest BCUT2D eigenvalue weighted by Crippen LogP contribution is -2.30. The quantitative estimate of drug-likeness (QED) is 0.680. The van der Waals surface area contributed by atoms with Crippen LogP contribution in [0.3, 0.4) is 0 Å². The summed E-state index contributed by atoms with van der Waals surface area (Å²) in [6.45, 7) is 2.08. The van der Waals surface area contributed by atoms with E-state index in [2.05, 4.69) is 23.4 Å². The molecular weight excluding hydrogens is 195 g/mol. The zero-order valence-electron chi connectivity index (χ0n) is 9.32. The number of rotatable bonds is 1. The van der Waals surface area contributed by atoms with Crippen molar-refractivity contribution in [2.75, 3.05) is 27.2 Å². The zero-order valence-corrected chi connectivity index (χ0v) is 10.2. The molecule has 2 aliphatic rings. The normalized spacial score (nSPS) is 31.1. The van der Waals surface area contributed by atoms with Crippen molar-refractivity contribution >= 4 is 7.79 Å². The molecule has 1 saturated heterocycles. The van der Waals surface area contributed by atoms with Gasteiger partial charge in [-0.25, -0.2) is 0 Å². The molecule has 1 radical (unpaired) electrons. The van der Waals surface area contributed by atoms with Crippen LogP contribution < -0.4 is 0 Å². The monoisotopic (exact) mass is 217 g/mol. The summed E-state index contributed by atoms with van der Waals surface area (Å²) in [7, 11) is 2.27. The minimum Gasteiger partial charge on any atom is -0.353 e. The van der Waals surface area contributed by atoms with Gasteiger partial charge in [-0.1, -0.05) is 19.3 Å². The molecular formula is C10H22N2OP. The molecule has 2 rings (SSSR count). The molecule has 1 heterocycles. The Hall–Kier alpha value is 0.310. The molecule has 0 amide bonds. The summed E-state index contributed by atoms with van der Waals surface area (Å²) in [4.78, 5) is 10.8. The number of likely N-dealkylation sites (N-methyl/N-ethyl adjacent to an activating group) is 2. The van der Waals surface area contributed by atoms with Crippen molar-refractivity contribution in [2.45, 2.75) is 37.8 Å². The molecule has 14 heavy (non-hydrogen) atoms. The summed E-state index contributed by atoms with van der Waals surface area (Å²) in [5, 5.41) is 0. The van der Waals surface area contributed by atoms with Crippen LogP contribution in [0.25, 0.3) is 0 Å². The van der Waals surface area contributed by atoms with Crippen LogP contribution in [0.15, 0.2) is 0 Å². The first-order chi connectivity index (χ1) is 6.65. The van der Waals surface area contributed by atoms with Gasteiger partial charge in [-0.15, -0.1) is 0 Å². The predicted molar refractivity (Wildman–Crippen MR) is 61.3 cm³/mol. The first-order valence-corrected chi connectivity index (χ1v) is 7.42. The summed E-state index contributed by atoms with van der Waals surface area (Å²) in [5.41, 5.74) is 0.564. The van der Waals surface area contributed by atoms with Crippen LogP contribution >= 0.6 is 7.79 Å². The summed E-state index contributed by atoms with van der Waals surface area (Å²) in [5.74, 6) is 0. The number of nitrogens with zero attached hydrogens (tertiary/aromatic N) is 2. The second kappa shape index (κ2) is 4.05. The molecule has 83 valence electrons. The van der Waals surface area contributed by atoms with Crippen LogP contribution in [0.4, 0.5) is 0 Å². The van der Waals surface area contributed by atoms with Gasteiger partial charge in [0.05, 0.1) is 0 Å². The van der Waals surface area contributed by atoms with Crippen LogP contribution in [-0.2, 0) is 0 Å². The van der Waals surface area contributed by atoms with Gasteiger partial charge in [0.2, 0.25) is 0 Å². The van der Waals surface area contributed by atoms with E-state index >= 15 is 0 Å². The lowest BCUT2D eigenvalue weighted by Gasteiger charge is -2.45. The maximum absolute atomic E-state index is 10.8. The first-order valence-electron chi connectivity index (χ1n) is 5.70. The fourth-order valence-electron chi connectivity index (χ4n) is 2.83. The second-order valence-electron chi connectivity index (χ2n) is 4.67. The average Bonchev–Trinajstić information content (AvgIpc) is 2.49. The minimum absolute atomic E-state index is 0.564. The molecule has 0 spiro atoms. The Morgan fingerprint density at radius 1 is 1.00 bits per heavy atom. The number of hydrogen-bond donors (Lipinski definition) is 1. The average molecular weight is 217 g/mol. The maximum atomic E-state index is 10.8. The highest BCUT2D eigenvalue weighted by Crippen LogP contribution is 2.68. The highest BCUT2D eigenvalue weighted by atomic mass is 31.2. The highest BCUT2D eigenvalue weighted by molar-refractivity contribution is 7.66. The Morgan fingerprint density at radius 3 is 2.00 bits per heavy atom. The topological polar surface area (TPSA) is 26.7 Å². The summed E-state index contributed by atoms with van der Waals surface area (Å²) >= 11 is 0. The van der Waals surface area contributed by atoms with E-state index in [1.54, 1.807) is 0 Å². The lowest BCUT2D eigenvalue weighted by molar-refractivity contribution is 0.399. The van der Waals surface area contributed by atoms with E-state index in [0.29, 0.717) is 5.66 Å². The van der Waals surface area contributed by atoms with Crippen LogP contribution in [0, 0.1) is 0 Å². The summed E-state index contributed by atoms with van der Waals surface area (Å²) < 4.78 is 4.45. The Kier molecular flexibility index (Phi) is 3.13. The van der Waals surface area contributed by atoms with E-state index in [9.17, 15) is 4.89 Å². The maximum Gasteiger partial charge on any atom is 0.115 e. The minimum atomic E-state index is -1.91. The van der Waals surface area contributed by atoms with Crippen molar-refractivity contribution in [3.8, 4) is 0 Å². The van der Waals surface area contributed by atoms with Crippen LogP contribution in [-0.4, -0.2) is 47.1 Å². The Balaban J connectivity index is 2.11. The van der Waals surface area contributed by atoms with Crippen molar-refractivity contribution in [1.29, 1.82) is 0 Å². The van der Waals surface area contributed by atoms with E-state index in [1.807, 2.05) is 0 Å². The van der Waals surface area contributed by atoms with Gasteiger partial charge in [-0.3, -0.25) is 9.34 Å². The van der Waals surface area contributed by atoms with Gasteiger partial charge >= 0.3 is 0 Å². The van der Waals surface area contributed by atoms with Gasteiger partial charge in [0.25, 0.3) is 0 Å². The molecule has 0 bridgehead atoms.